The van der Waals surface area contributed by atoms with Crippen molar-refractivity contribution in [2.45, 2.75) is 26.3 Å². The second-order valence-electron chi connectivity index (χ2n) is 3.47. The van der Waals surface area contributed by atoms with Gasteiger partial charge in [-0.2, -0.15) is 0 Å². The van der Waals surface area contributed by atoms with Crippen LogP contribution >= 0.6 is 0 Å². The van der Waals surface area contributed by atoms with Crippen molar-refractivity contribution in [3.63, 3.8) is 0 Å². The molecule has 0 bridgehead atoms. The van der Waals surface area contributed by atoms with Gasteiger partial charge in [0.15, 0.2) is 0 Å². The second-order valence-corrected chi connectivity index (χ2v) is 3.47. The fourth-order valence-electron chi connectivity index (χ4n) is 0.943. The molecule has 0 amide bonds. The van der Waals surface area contributed by atoms with Gasteiger partial charge in [-0.25, -0.2) is 0 Å². The Hall–Kier alpha value is -0.0800. The van der Waals surface area contributed by atoms with Crippen molar-refractivity contribution in [2.24, 2.45) is 0 Å². The predicted molar refractivity (Wildman–Crippen MR) is 37.3 cm³/mol. The second kappa shape index (κ2) is 2.27. The summed E-state index contributed by atoms with van der Waals surface area (Å²) in [7, 11) is 0. The first-order valence-corrected chi connectivity index (χ1v) is 3.43. The molecule has 0 aromatic rings. The van der Waals surface area contributed by atoms with Crippen molar-refractivity contribution < 1.29 is 4.74 Å². The number of hydrogen-bond donors (Lipinski definition) is 0. The van der Waals surface area contributed by atoms with Crippen LogP contribution in [-0.2, 0) is 4.74 Å². The number of nitrogens with zero attached hydrogens (tertiary/aromatic N) is 1. The van der Waals surface area contributed by atoms with Gasteiger partial charge in [-0.3, -0.25) is 4.90 Å². The Balaban J connectivity index is 2.42. The van der Waals surface area contributed by atoms with E-state index in [4.69, 9.17) is 4.74 Å². The number of ether oxygens (including phenoxy) is 1. The molecule has 0 unspecified atom stereocenters. The Labute approximate surface area is 56.8 Å². The summed E-state index contributed by atoms with van der Waals surface area (Å²) in [5, 5.41) is 0. The van der Waals surface area contributed by atoms with E-state index in [2.05, 4.69) is 25.7 Å². The van der Waals surface area contributed by atoms with Crippen LogP contribution in [0.2, 0.25) is 0 Å². The lowest BCUT2D eigenvalue weighted by molar-refractivity contribution is 0.0848. The molecule has 1 rings (SSSR count). The molecule has 1 saturated heterocycles. The fourth-order valence-corrected chi connectivity index (χ4v) is 0.943. The SMILES string of the molecule is CC(C)(C)N1CCOC1. The Kier molecular flexibility index (Phi) is 1.78. The van der Waals surface area contributed by atoms with Crippen LogP contribution in [0.25, 0.3) is 0 Å². The molecule has 2 heteroatoms. The summed E-state index contributed by atoms with van der Waals surface area (Å²) >= 11 is 0. The van der Waals surface area contributed by atoms with Crippen LogP contribution < -0.4 is 0 Å². The molecule has 9 heavy (non-hydrogen) atoms. The van der Waals surface area contributed by atoms with Crippen molar-refractivity contribution in [1.29, 1.82) is 0 Å². The summed E-state index contributed by atoms with van der Waals surface area (Å²) in [6.07, 6.45) is 0. The summed E-state index contributed by atoms with van der Waals surface area (Å²) in [6, 6.07) is 0. The third-order valence-electron chi connectivity index (χ3n) is 1.70. The average molecular weight is 129 g/mol. The van der Waals surface area contributed by atoms with Gasteiger partial charge in [-0.1, -0.05) is 0 Å². The predicted octanol–water partition coefficient (Wildman–Crippen LogP) is 1.07. The van der Waals surface area contributed by atoms with E-state index in [0.717, 1.165) is 19.9 Å². The van der Waals surface area contributed by atoms with Crippen LogP contribution in [0, 0.1) is 0 Å². The molecule has 0 spiro atoms. The number of hydrogen-bond acceptors (Lipinski definition) is 2. The smallest absolute Gasteiger partial charge is 0.0995 e. The van der Waals surface area contributed by atoms with E-state index in [1.54, 1.807) is 0 Å². The largest absolute Gasteiger partial charge is 0.365 e. The summed E-state index contributed by atoms with van der Waals surface area (Å²) in [6.45, 7) is 9.43. The molecule has 0 atom stereocenters. The molecule has 0 aromatic heterocycles. The van der Waals surface area contributed by atoms with Crippen LogP contribution in [0.15, 0.2) is 0 Å². The minimum absolute atomic E-state index is 0.288. The molecular formula is C7H15NO. The first-order valence-electron chi connectivity index (χ1n) is 3.43. The standard InChI is InChI=1S/C7H15NO/c1-7(2,3)8-4-5-9-6-8/h4-6H2,1-3H3. The monoisotopic (exact) mass is 129 g/mol. The quantitative estimate of drug-likeness (QED) is 0.485. The minimum Gasteiger partial charge on any atom is -0.365 e. The van der Waals surface area contributed by atoms with Crippen LogP contribution in [0.5, 0.6) is 0 Å². The van der Waals surface area contributed by atoms with Crippen molar-refractivity contribution in [1.82, 2.24) is 4.90 Å². The van der Waals surface area contributed by atoms with Crippen LogP contribution in [0.1, 0.15) is 20.8 Å². The maximum Gasteiger partial charge on any atom is 0.0995 e. The van der Waals surface area contributed by atoms with Crippen molar-refractivity contribution in [3.05, 3.63) is 0 Å². The molecule has 0 radical (unpaired) electrons. The first kappa shape index (κ1) is 7.03. The highest BCUT2D eigenvalue weighted by atomic mass is 16.5. The van der Waals surface area contributed by atoms with Crippen molar-refractivity contribution in [3.8, 4) is 0 Å². The van der Waals surface area contributed by atoms with Crippen LogP contribution in [0.4, 0.5) is 0 Å². The molecule has 54 valence electrons. The van der Waals surface area contributed by atoms with Gasteiger partial charge < -0.3 is 4.74 Å². The number of rotatable bonds is 0. The van der Waals surface area contributed by atoms with Gasteiger partial charge in [0.2, 0.25) is 0 Å². The lowest BCUT2D eigenvalue weighted by Gasteiger charge is -2.29. The Morgan fingerprint density at radius 1 is 1.33 bits per heavy atom. The molecule has 1 aliphatic rings. The van der Waals surface area contributed by atoms with Crippen LogP contribution in [0.3, 0.4) is 0 Å². The molecule has 0 N–H and O–H groups in total. The van der Waals surface area contributed by atoms with E-state index in [-0.39, 0.29) is 5.54 Å². The molecule has 1 aliphatic heterocycles. The zero-order valence-corrected chi connectivity index (χ0v) is 6.48. The van der Waals surface area contributed by atoms with Crippen molar-refractivity contribution in [2.75, 3.05) is 19.9 Å². The third-order valence-corrected chi connectivity index (χ3v) is 1.70. The highest BCUT2D eigenvalue weighted by Crippen LogP contribution is 2.15. The van der Waals surface area contributed by atoms with E-state index in [9.17, 15) is 0 Å². The zero-order valence-electron chi connectivity index (χ0n) is 6.48. The molecule has 1 fully saturated rings. The molecule has 0 saturated carbocycles. The topological polar surface area (TPSA) is 12.5 Å². The summed E-state index contributed by atoms with van der Waals surface area (Å²) in [5.41, 5.74) is 0.288. The highest BCUT2D eigenvalue weighted by molar-refractivity contribution is 4.75. The van der Waals surface area contributed by atoms with Gasteiger partial charge in [0, 0.05) is 12.1 Å². The van der Waals surface area contributed by atoms with Gasteiger partial charge in [-0.05, 0) is 20.8 Å². The molecular weight excluding hydrogens is 114 g/mol. The molecule has 1 heterocycles. The van der Waals surface area contributed by atoms with E-state index in [1.165, 1.54) is 0 Å². The van der Waals surface area contributed by atoms with Gasteiger partial charge in [0.1, 0.15) is 0 Å². The zero-order chi connectivity index (χ0) is 6.91. The van der Waals surface area contributed by atoms with Gasteiger partial charge >= 0.3 is 0 Å². The van der Waals surface area contributed by atoms with E-state index in [1.807, 2.05) is 0 Å². The van der Waals surface area contributed by atoms with E-state index >= 15 is 0 Å². The fraction of sp³-hybridized carbons (Fsp3) is 1.00. The van der Waals surface area contributed by atoms with Crippen LogP contribution in [-0.4, -0.2) is 30.3 Å². The van der Waals surface area contributed by atoms with E-state index in [0.29, 0.717) is 0 Å². The first-order chi connectivity index (χ1) is 4.11. The summed E-state index contributed by atoms with van der Waals surface area (Å²) in [4.78, 5) is 2.33. The molecule has 0 aliphatic carbocycles. The summed E-state index contributed by atoms with van der Waals surface area (Å²) < 4.78 is 5.21. The van der Waals surface area contributed by atoms with Gasteiger partial charge in [0.25, 0.3) is 0 Å². The van der Waals surface area contributed by atoms with Gasteiger partial charge in [-0.15, -0.1) is 0 Å². The normalized spacial score (nSPS) is 23.0. The Morgan fingerprint density at radius 2 is 2.00 bits per heavy atom. The lowest BCUT2D eigenvalue weighted by atomic mass is 10.1. The molecule has 2 nitrogen and oxygen atoms in total. The average Bonchev–Trinajstić information content (AvgIpc) is 2.08. The maximum absolute atomic E-state index is 5.21. The lowest BCUT2D eigenvalue weighted by Crippen LogP contribution is -2.39. The Morgan fingerprint density at radius 3 is 2.22 bits per heavy atom. The Bertz CT molecular complexity index is 89.6. The van der Waals surface area contributed by atoms with E-state index < -0.39 is 0 Å². The minimum atomic E-state index is 0.288. The third kappa shape index (κ3) is 1.66. The highest BCUT2D eigenvalue weighted by Gasteiger charge is 2.24. The summed E-state index contributed by atoms with van der Waals surface area (Å²) in [5.74, 6) is 0. The van der Waals surface area contributed by atoms with Gasteiger partial charge in [0.05, 0.1) is 13.3 Å². The molecule has 0 aromatic carbocycles. The maximum atomic E-state index is 5.21. The van der Waals surface area contributed by atoms with Crippen molar-refractivity contribution >= 4 is 0 Å².